The number of nitrogens with one attached hydrogen (secondary N) is 1. The number of anilines is 1. The molecular weight excluding hydrogens is 239 g/mol. The molecule has 3 heteroatoms. The summed E-state index contributed by atoms with van der Waals surface area (Å²) in [5, 5.41) is 3.48. The van der Waals surface area contributed by atoms with Crippen molar-refractivity contribution < 1.29 is 4.39 Å². The molecule has 0 bridgehead atoms. The van der Waals surface area contributed by atoms with Gasteiger partial charge in [0.05, 0.1) is 5.69 Å². The molecule has 1 aromatic carbocycles. The Kier molecular flexibility index (Phi) is 4.81. The number of rotatable bonds is 7. The number of nitrogens with zero attached hydrogens (tertiary/aromatic N) is 1. The fourth-order valence-corrected chi connectivity index (χ4v) is 2.42. The summed E-state index contributed by atoms with van der Waals surface area (Å²) in [6, 6.07) is 6.07. The van der Waals surface area contributed by atoms with Crippen LogP contribution in [0.1, 0.15) is 39.2 Å². The molecule has 0 unspecified atom stereocenters. The van der Waals surface area contributed by atoms with Gasteiger partial charge in [0.2, 0.25) is 0 Å². The molecule has 1 N–H and O–H groups in total. The van der Waals surface area contributed by atoms with Crippen LogP contribution in [0.5, 0.6) is 0 Å². The summed E-state index contributed by atoms with van der Waals surface area (Å²) in [7, 11) is 0. The highest BCUT2D eigenvalue weighted by molar-refractivity contribution is 5.55. The van der Waals surface area contributed by atoms with Gasteiger partial charge in [0.15, 0.2) is 0 Å². The van der Waals surface area contributed by atoms with Crippen LogP contribution in [0.2, 0.25) is 0 Å². The maximum atomic E-state index is 14.2. The van der Waals surface area contributed by atoms with Crippen molar-refractivity contribution in [3.05, 3.63) is 29.6 Å². The molecule has 0 spiro atoms. The van der Waals surface area contributed by atoms with Crippen LogP contribution in [0.25, 0.3) is 0 Å². The van der Waals surface area contributed by atoms with E-state index in [-0.39, 0.29) is 5.82 Å². The zero-order chi connectivity index (χ0) is 13.8. The molecule has 0 saturated heterocycles. The second kappa shape index (κ2) is 6.38. The van der Waals surface area contributed by atoms with Crippen molar-refractivity contribution in [1.82, 2.24) is 5.32 Å². The predicted octanol–water partition coefficient (Wildman–Crippen LogP) is 3.56. The third-order valence-corrected chi connectivity index (χ3v) is 3.51. The molecule has 0 radical (unpaired) electrons. The predicted molar refractivity (Wildman–Crippen MR) is 79.0 cm³/mol. The minimum atomic E-state index is -0.0994. The molecule has 1 fully saturated rings. The second-order valence-corrected chi connectivity index (χ2v) is 5.84. The van der Waals surface area contributed by atoms with Gasteiger partial charge < -0.3 is 10.2 Å². The van der Waals surface area contributed by atoms with Crippen LogP contribution in [0.3, 0.4) is 0 Å². The smallest absolute Gasteiger partial charge is 0.146 e. The lowest BCUT2D eigenvalue weighted by molar-refractivity contribution is 0.579. The van der Waals surface area contributed by atoms with Crippen molar-refractivity contribution in [3.8, 4) is 0 Å². The first-order chi connectivity index (χ1) is 9.11. The van der Waals surface area contributed by atoms with E-state index in [9.17, 15) is 4.39 Å². The third kappa shape index (κ3) is 3.93. The molecule has 1 aromatic rings. The number of halogens is 1. The minimum Gasteiger partial charge on any atom is -0.369 e. The van der Waals surface area contributed by atoms with Crippen LogP contribution in [0.4, 0.5) is 10.1 Å². The quantitative estimate of drug-likeness (QED) is 0.810. The molecule has 19 heavy (non-hydrogen) atoms. The van der Waals surface area contributed by atoms with E-state index in [0.717, 1.165) is 30.9 Å². The lowest BCUT2D eigenvalue weighted by Crippen LogP contribution is -2.30. The van der Waals surface area contributed by atoms with Crippen LogP contribution >= 0.6 is 0 Å². The average Bonchev–Trinajstić information content (AvgIpc) is 3.18. The van der Waals surface area contributed by atoms with Gasteiger partial charge in [-0.2, -0.15) is 0 Å². The van der Waals surface area contributed by atoms with E-state index in [1.165, 1.54) is 12.8 Å². The Hall–Kier alpha value is -1.09. The summed E-state index contributed by atoms with van der Waals surface area (Å²) in [6.07, 6.45) is 2.52. The van der Waals surface area contributed by atoms with Crippen LogP contribution in [0.15, 0.2) is 18.2 Å². The Morgan fingerprint density at radius 1 is 1.37 bits per heavy atom. The van der Waals surface area contributed by atoms with Crippen LogP contribution in [-0.2, 0) is 6.54 Å². The summed E-state index contributed by atoms with van der Waals surface area (Å²) in [5.41, 5.74) is 1.86. The average molecular weight is 264 g/mol. The van der Waals surface area contributed by atoms with Crippen molar-refractivity contribution in [2.75, 3.05) is 18.0 Å². The molecule has 0 aromatic heterocycles. The SMILES string of the molecule is CCN(CC(C)C)c1c(F)cccc1CNC1CC1. The van der Waals surface area contributed by atoms with Crippen molar-refractivity contribution in [1.29, 1.82) is 0 Å². The van der Waals surface area contributed by atoms with E-state index in [2.05, 4.69) is 31.0 Å². The summed E-state index contributed by atoms with van der Waals surface area (Å²) in [4.78, 5) is 2.16. The van der Waals surface area contributed by atoms with Gasteiger partial charge in [-0.1, -0.05) is 26.0 Å². The molecule has 106 valence electrons. The molecule has 0 aliphatic heterocycles. The highest BCUT2D eigenvalue weighted by Gasteiger charge is 2.22. The number of benzene rings is 1. The monoisotopic (exact) mass is 264 g/mol. The van der Waals surface area contributed by atoms with Crippen molar-refractivity contribution >= 4 is 5.69 Å². The van der Waals surface area contributed by atoms with Crippen molar-refractivity contribution in [2.45, 2.75) is 46.2 Å². The van der Waals surface area contributed by atoms with Gasteiger partial charge in [-0.3, -0.25) is 0 Å². The number of para-hydroxylation sites is 1. The van der Waals surface area contributed by atoms with Crippen molar-refractivity contribution in [3.63, 3.8) is 0 Å². The first kappa shape index (κ1) is 14.3. The van der Waals surface area contributed by atoms with E-state index < -0.39 is 0 Å². The normalized spacial score (nSPS) is 15.0. The molecule has 0 atom stereocenters. The Labute approximate surface area is 116 Å². The summed E-state index contributed by atoms with van der Waals surface area (Å²) in [6.45, 7) is 8.94. The molecule has 1 saturated carbocycles. The summed E-state index contributed by atoms with van der Waals surface area (Å²) >= 11 is 0. The molecular formula is C16H25FN2. The molecule has 1 aliphatic carbocycles. The highest BCUT2D eigenvalue weighted by Crippen LogP contribution is 2.27. The third-order valence-electron chi connectivity index (χ3n) is 3.51. The Morgan fingerprint density at radius 3 is 2.68 bits per heavy atom. The first-order valence-corrected chi connectivity index (χ1v) is 7.37. The maximum Gasteiger partial charge on any atom is 0.146 e. The largest absolute Gasteiger partial charge is 0.369 e. The van der Waals surface area contributed by atoms with Gasteiger partial charge in [-0.05, 0) is 37.3 Å². The van der Waals surface area contributed by atoms with Gasteiger partial charge in [-0.25, -0.2) is 4.39 Å². The lowest BCUT2D eigenvalue weighted by Gasteiger charge is -2.28. The van der Waals surface area contributed by atoms with Gasteiger partial charge in [-0.15, -0.1) is 0 Å². The summed E-state index contributed by atoms with van der Waals surface area (Å²) < 4.78 is 14.2. The molecule has 2 rings (SSSR count). The van der Waals surface area contributed by atoms with Crippen LogP contribution in [-0.4, -0.2) is 19.1 Å². The molecule has 0 heterocycles. The fourth-order valence-electron chi connectivity index (χ4n) is 2.42. The van der Waals surface area contributed by atoms with E-state index in [1.54, 1.807) is 6.07 Å². The summed E-state index contributed by atoms with van der Waals surface area (Å²) in [5.74, 6) is 0.432. The zero-order valence-electron chi connectivity index (χ0n) is 12.2. The topological polar surface area (TPSA) is 15.3 Å². The van der Waals surface area contributed by atoms with E-state index in [0.29, 0.717) is 12.0 Å². The van der Waals surface area contributed by atoms with Gasteiger partial charge >= 0.3 is 0 Å². The first-order valence-electron chi connectivity index (χ1n) is 7.37. The van der Waals surface area contributed by atoms with E-state index in [1.807, 2.05) is 12.1 Å². The number of hydrogen-bond acceptors (Lipinski definition) is 2. The zero-order valence-corrected chi connectivity index (χ0v) is 12.2. The van der Waals surface area contributed by atoms with Crippen molar-refractivity contribution in [2.24, 2.45) is 5.92 Å². The Morgan fingerprint density at radius 2 is 2.11 bits per heavy atom. The minimum absolute atomic E-state index is 0.0994. The maximum absolute atomic E-state index is 14.2. The van der Waals surface area contributed by atoms with Gasteiger partial charge in [0.25, 0.3) is 0 Å². The van der Waals surface area contributed by atoms with Crippen LogP contribution < -0.4 is 10.2 Å². The molecule has 0 amide bonds. The molecule has 2 nitrogen and oxygen atoms in total. The molecule has 1 aliphatic rings. The van der Waals surface area contributed by atoms with E-state index >= 15 is 0 Å². The van der Waals surface area contributed by atoms with E-state index in [4.69, 9.17) is 0 Å². The van der Waals surface area contributed by atoms with Crippen LogP contribution in [0, 0.1) is 11.7 Å². The van der Waals surface area contributed by atoms with Gasteiger partial charge in [0, 0.05) is 25.7 Å². The highest BCUT2D eigenvalue weighted by atomic mass is 19.1. The standard InChI is InChI=1S/C16H25FN2/c1-4-19(11-12(2)3)16-13(6-5-7-15(16)17)10-18-14-8-9-14/h5-7,12,14,18H,4,8-11H2,1-3H3. The Balaban J connectivity index is 2.18. The number of hydrogen-bond donors (Lipinski definition) is 1. The lowest BCUT2D eigenvalue weighted by atomic mass is 10.1. The van der Waals surface area contributed by atoms with Gasteiger partial charge in [0.1, 0.15) is 5.82 Å². The fraction of sp³-hybridized carbons (Fsp3) is 0.625. The Bertz CT molecular complexity index is 413. The second-order valence-electron chi connectivity index (χ2n) is 5.84.